The molecule has 3 nitrogen and oxygen atoms in total. The lowest BCUT2D eigenvalue weighted by Gasteiger charge is -2.04. The fourth-order valence-electron chi connectivity index (χ4n) is 1.25. The first kappa shape index (κ1) is 12.9. The quantitative estimate of drug-likeness (QED) is 0.487. The highest BCUT2D eigenvalue weighted by molar-refractivity contribution is 7.99. The number of carbonyl (C=O) groups is 1. The Bertz CT molecular complexity index is 516. The predicted molar refractivity (Wildman–Crippen MR) is 71.8 cm³/mol. The number of aromatic nitrogens is 1. The van der Waals surface area contributed by atoms with Gasteiger partial charge in [-0.05, 0) is 36.4 Å². The van der Waals surface area contributed by atoms with Gasteiger partial charge in [-0.15, -0.1) is 0 Å². The van der Waals surface area contributed by atoms with Gasteiger partial charge in [0, 0.05) is 22.3 Å². The highest BCUT2D eigenvalue weighted by Gasteiger charge is 2.06. The van der Waals surface area contributed by atoms with Crippen molar-refractivity contribution in [1.29, 1.82) is 0 Å². The molecule has 1 heterocycles. The number of ether oxygens (including phenoxy) is 1. The van der Waals surface area contributed by atoms with Crippen molar-refractivity contribution in [1.82, 2.24) is 4.98 Å². The van der Waals surface area contributed by atoms with E-state index >= 15 is 0 Å². The van der Waals surface area contributed by atoms with Crippen LogP contribution in [0.5, 0.6) is 0 Å². The van der Waals surface area contributed by atoms with Crippen LogP contribution in [0.3, 0.4) is 0 Å². The molecule has 0 unspecified atom stereocenters. The molecule has 0 spiro atoms. The number of thioether (sulfide) groups is 1. The van der Waals surface area contributed by atoms with Crippen LogP contribution >= 0.6 is 23.4 Å². The van der Waals surface area contributed by atoms with Crippen molar-refractivity contribution in [2.75, 3.05) is 5.94 Å². The molecule has 0 aliphatic rings. The van der Waals surface area contributed by atoms with Gasteiger partial charge in [-0.25, -0.2) is 4.79 Å². The van der Waals surface area contributed by atoms with Crippen molar-refractivity contribution in [3.8, 4) is 0 Å². The van der Waals surface area contributed by atoms with E-state index in [1.807, 2.05) is 12.1 Å². The standard InChI is InChI=1S/C13H10ClNO2S/c14-11-3-5-12(6-4-11)18-9-17-13(16)10-2-1-7-15-8-10/h1-8H,9H2. The number of benzene rings is 1. The molecule has 18 heavy (non-hydrogen) atoms. The van der Waals surface area contributed by atoms with Gasteiger partial charge < -0.3 is 4.74 Å². The summed E-state index contributed by atoms with van der Waals surface area (Å²) in [7, 11) is 0. The first-order valence-electron chi connectivity index (χ1n) is 5.21. The molecule has 5 heteroatoms. The number of hydrogen-bond acceptors (Lipinski definition) is 4. The molecular formula is C13H10ClNO2S. The van der Waals surface area contributed by atoms with Crippen molar-refractivity contribution in [3.05, 3.63) is 59.4 Å². The number of rotatable bonds is 4. The third kappa shape index (κ3) is 3.75. The van der Waals surface area contributed by atoms with Crippen molar-refractivity contribution in [3.63, 3.8) is 0 Å². The fraction of sp³-hybridized carbons (Fsp3) is 0.0769. The Labute approximate surface area is 114 Å². The summed E-state index contributed by atoms with van der Waals surface area (Å²) in [4.78, 5) is 16.5. The van der Waals surface area contributed by atoms with Crippen LogP contribution in [-0.4, -0.2) is 16.9 Å². The number of halogens is 1. The zero-order valence-electron chi connectivity index (χ0n) is 9.38. The maximum absolute atomic E-state index is 11.6. The molecule has 0 amide bonds. The Hall–Kier alpha value is -1.52. The lowest BCUT2D eigenvalue weighted by atomic mass is 10.3. The minimum absolute atomic E-state index is 0.259. The van der Waals surface area contributed by atoms with Crippen LogP contribution in [-0.2, 0) is 4.74 Å². The van der Waals surface area contributed by atoms with Crippen molar-refractivity contribution >= 4 is 29.3 Å². The summed E-state index contributed by atoms with van der Waals surface area (Å²) in [6.45, 7) is 0. The molecule has 0 saturated heterocycles. The molecule has 0 N–H and O–H groups in total. The number of hydrogen-bond donors (Lipinski definition) is 0. The largest absolute Gasteiger partial charge is 0.451 e. The minimum atomic E-state index is -0.371. The van der Waals surface area contributed by atoms with E-state index in [1.54, 1.807) is 30.5 Å². The van der Waals surface area contributed by atoms with E-state index in [4.69, 9.17) is 16.3 Å². The Kier molecular flexibility index (Phi) is 4.61. The normalized spacial score (nSPS) is 10.1. The topological polar surface area (TPSA) is 39.2 Å². The summed E-state index contributed by atoms with van der Waals surface area (Å²) in [5, 5.41) is 0.687. The molecule has 1 aromatic heterocycles. The van der Waals surface area contributed by atoms with Crippen LogP contribution in [0.15, 0.2) is 53.7 Å². The van der Waals surface area contributed by atoms with Gasteiger partial charge in [-0.2, -0.15) is 0 Å². The van der Waals surface area contributed by atoms with E-state index in [1.165, 1.54) is 18.0 Å². The summed E-state index contributed by atoms with van der Waals surface area (Å²) in [5.74, 6) is -0.111. The Morgan fingerprint density at radius 2 is 2.06 bits per heavy atom. The third-order valence-electron chi connectivity index (χ3n) is 2.13. The number of pyridine rings is 1. The van der Waals surface area contributed by atoms with Crippen LogP contribution in [0.4, 0.5) is 0 Å². The molecule has 0 bridgehead atoms. The highest BCUT2D eigenvalue weighted by atomic mass is 35.5. The van der Waals surface area contributed by atoms with Crippen LogP contribution < -0.4 is 0 Å². The lowest BCUT2D eigenvalue weighted by Crippen LogP contribution is -2.04. The second kappa shape index (κ2) is 6.42. The SMILES string of the molecule is O=C(OCSc1ccc(Cl)cc1)c1cccnc1. The Balaban J connectivity index is 1.82. The van der Waals surface area contributed by atoms with E-state index in [9.17, 15) is 4.79 Å². The van der Waals surface area contributed by atoms with E-state index in [0.717, 1.165) is 4.90 Å². The monoisotopic (exact) mass is 279 g/mol. The zero-order chi connectivity index (χ0) is 12.8. The van der Waals surface area contributed by atoms with E-state index in [2.05, 4.69) is 4.98 Å². The van der Waals surface area contributed by atoms with Crippen LogP contribution in [0.25, 0.3) is 0 Å². The number of carbonyl (C=O) groups excluding carboxylic acids is 1. The molecule has 0 fully saturated rings. The summed E-state index contributed by atoms with van der Waals surface area (Å²) in [6.07, 6.45) is 3.09. The molecule has 0 saturated carbocycles. The van der Waals surface area contributed by atoms with Gasteiger partial charge in [0.1, 0.15) is 5.94 Å². The van der Waals surface area contributed by atoms with Crippen LogP contribution in [0, 0.1) is 0 Å². The maximum atomic E-state index is 11.6. The average molecular weight is 280 g/mol. The molecule has 0 radical (unpaired) electrons. The second-order valence-corrected chi connectivity index (χ2v) is 4.82. The summed E-state index contributed by atoms with van der Waals surface area (Å²) in [6, 6.07) is 10.7. The molecule has 92 valence electrons. The third-order valence-corrected chi connectivity index (χ3v) is 3.22. The molecule has 0 aliphatic heterocycles. The first-order valence-corrected chi connectivity index (χ1v) is 6.57. The molecule has 1 aromatic carbocycles. The number of esters is 1. The molecule has 2 rings (SSSR count). The highest BCUT2D eigenvalue weighted by Crippen LogP contribution is 2.20. The van der Waals surface area contributed by atoms with Crippen molar-refractivity contribution in [2.24, 2.45) is 0 Å². The summed E-state index contributed by atoms with van der Waals surface area (Å²) in [5.41, 5.74) is 0.453. The molecule has 0 aliphatic carbocycles. The van der Waals surface area contributed by atoms with E-state index in [0.29, 0.717) is 10.6 Å². The first-order chi connectivity index (χ1) is 8.75. The van der Waals surface area contributed by atoms with Gasteiger partial charge in [-0.3, -0.25) is 4.98 Å². The van der Waals surface area contributed by atoms with Gasteiger partial charge in [0.25, 0.3) is 0 Å². The number of nitrogens with zero attached hydrogens (tertiary/aromatic N) is 1. The van der Waals surface area contributed by atoms with Gasteiger partial charge in [0.2, 0.25) is 0 Å². The lowest BCUT2D eigenvalue weighted by molar-refractivity contribution is 0.0579. The fourth-order valence-corrected chi connectivity index (χ4v) is 2.01. The Morgan fingerprint density at radius 3 is 2.72 bits per heavy atom. The van der Waals surface area contributed by atoms with Gasteiger partial charge in [0.15, 0.2) is 0 Å². The van der Waals surface area contributed by atoms with Crippen LogP contribution in [0.1, 0.15) is 10.4 Å². The zero-order valence-corrected chi connectivity index (χ0v) is 10.9. The van der Waals surface area contributed by atoms with E-state index < -0.39 is 0 Å². The Morgan fingerprint density at radius 1 is 1.28 bits per heavy atom. The van der Waals surface area contributed by atoms with Crippen molar-refractivity contribution < 1.29 is 9.53 Å². The van der Waals surface area contributed by atoms with Gasteiger partial charge in [-0.1, -0.05) is 23.4 Å². The molecular weight excluding hydrogens is 270 g/mol. The molecule has 0 atom stereocenters. The summed E-state index contributed by atoms with van der Waals surface area (Å²) >= 11 is 7.20. The van der Waals surface area contributed by atoms with E-state index in [-0.39, 0.29) is 11.9 Å². The molecule has 2 aromatic rings. The van der Waals surface area contributed by atoms with Gasteiger partial charge >= 0.3 is 5.97 Å². The van der Waals surface area contributed by atoms with Crippen molar-refractivity contribution in [2.45, 2.75) is 4.90 Å². The maximum Gasteiger partial charge on any atom is 0.340 e. The summed E-state index contributed by atoms with van der Waals surface area (Å²) < 4.78 is 5.11. The van der Waals surface area contributed by atoms with Crippen LogP contribution in [0.2, 0.25) is 5.02 Å². The second-order valence-electron chi connectivity index (χ2n) is 3.39. The predicted octanol–water partition coefficient (Wildman–Crippen LogP) is 3.64. The average Bonchev–Trinajstić information content (AvgIpc) is 2.42. The minimum Gasteiger partial charge on any atom is -0.451 e. The van der Waals surface area contributed by atoms with Gasteiger partial charge in [0.05, 0.1) is 5.56 Å². The smallest absolute Gasteiger partial charge is 0.340 e.